The number of rotatable bonds is 4. The first-order valence-electron chi connectivity index (χ1n) is 5.72. The first kappa shape index (κ1) is 14.0. The fourth-order valence-electron chi connectivity index (χ4n) is 1.61. The van der Waals surface area contributed by atoms with Gasteiger partial charge in [-0.05, 0) is 39.2 Å². The second-order valence-corrected chi connectivity index (χ2v) is 5.18. The Morgan fingerprint density at radius 1 is 1.26 bits per heavy atom. The highest BCUT2D eigenvalue weighted by Crippen LogP contribution is 2.09. The molecule has 1 amide bonds. The van der Waals surface area contributed by atoms with Gasteiger partial charge in [0.25, 0.3) is 5.91 Å². The molecule has 0 atom stereocenters. The molecule has 1 aromatic carbocycles. The van der Waals surface area contributed by atoms with Gasteiger partial charge < -0.3 is 5.32 Å². The molecule has 3 nitrogen and oxygen atoms in total. The number of alkyl halides is 1. The molecule has 0 saturated carbocycles. The van der Waals surface area contributed by atoms with Gasteiger partial charge in [-0.25, -0.2) is 4.98 Å². The molecule has 0 spiro atoms. The van der Waals surface area contributed by atoms with Gasteiger partial charge in [0.1, 0.15) is 5.69 Å². The number of carbonyl (C=O) groups excluding carboxylic acids is 1. The van der Waals surface area contributed by atoms with Gasteiger partial charge >= 0.3 is 0 Å². The highest BCUT2D eigenvalue weighted by molar-refractivity contribution is 9.10. The minimum Gasteiger partial charge on any atom is -0.347 e. The summed E-state index contributed by atoms with van der Waals surface area (Å²) in [5, 5.41) is 2.83. The number of carbonyl (C=O) groups is 1. The molecule has 1 heterocycles. The van der Waals surface area contributed by atoms with E-state index in [1.807, 2.05) is 24.3 Å². The fraction of sp³-hybridized carbons (Fsp3) is 0.143. The molecule has 0 unspecified atom stereocenters. The molecule has 0 aliphatic carbocycles. The number of amides is 1. The third kappa shape index (κ3) is 4.04. The standard InChI is InChI=1S/C14H12BrClN2O/c15-12-4-5-13(17-9-12)14(19)18-8-11-3-1-2-10(6-11)7-16/h1-6,9H,7-8H2,(H,18,19). The van der Waals surface area contributed by atoms with Crippen LogP contribution in [0.2, 0.25) is 0 Å². The van der Waals surface area contributed by atoms with E-state index in [9.17, 15) is 4.79 Å². The van der Waals surface area contributed by atoms with Crippen molar-refractivity contribution in [2.24, 2.45) is 0 Å². The van der Waals surface area contributed by atoms with Crippen molar-refractivity contribution in [2.75, 3.05) is 0 Å². The molecule has 0 fully saturated rings. The first-order chi connectivity index (χ1) is 9.19. The molecule has 1 aromatic heterocycles. The normalized spacial score (nSPS) is 10.2. The number of hydrogen-bond acceptors (Lipinski definition) is 2. The Hall–Kier alpha value is -1.39. The van der Waals surface area contributed by atoms with E-state index in [-0.39, 0.29) is 5.91 Å². The van der Waals surface area contributed by atoms with Crippen LogP contribution < -0.4 is 5.32 Å². The Morgan fingerprint density at radius 3 is 2.74 bits per heavy atom. The van der Waals surface area contributed by atoms with Gasteiger partial charge in [0.15, 0.2) is 0 Å². The fourth-order valence-corrected chi connectivity index (χ4v) is 2.01. The van der Waals surface area contributed by atoms with Crippen molar-refractivity contribution in [3.63, 3.8) is 0 Å². The maximum absolute atomic E-state index is 11.9. The van der Waals surface area contributed by atoms with E-state index < -0.39 is 0 Å². The lowest BCUT2D eigenvalue weighted by Gasteiger charge is -2.06. The van der Waals surface area contributed by atoms with Crippen LogP contribution in [-0.2, 0) is 12.4 Å². The van der Waals surface area contributed by atoms with Crippen LogP contribution in [0.15, 0.2) is 47.1 Å². The summed E-state index contributed by atoms with van der Waals surface area (Å²) >= 11 is 9.05. The Kier molecular flexibility index (Phi) is 4.93. The molecule has 1 N–H and O–H groups in total. The molecule has 5 heteroatoms. The lowest BCUT2D eigenvalue weighted by Crippen LogP contribution is -2.23. The van der Waals surface area contributed by atoms with E-state index in [2.05, 4.69) is 26.2 Å². The van der Waals surface area contributed by atoms with Gasteiger partial charge in [-0.1, -0.05) is 24.3 Å². The van der Waals surface area contributed by atoms with Crippen LogP contribution in [-0.4, -0.2) is 10.9 Å². The van der Waals surface area contributed by atoms with E-state index in [1.54, 1.807) is 18.3 Å². The van der Waals surface area contributed by atoms with Crippen LogP contribution in [0.3, 0.4) is 0 Å². The van der Waals surface area contributed by atoms with Gasteiger partial charge in [-0.3, -0.25) is 4.79 Å². The summed E-state index contributed by atoms with van der Waals surface area (Å²) in [5.41, 5.74) is 2.45. The van der Waals surface area contributed by atoms with E-state index in [0.717, 1.165) is 15.6 Å². The van der Waals surface area contributed by atoms with E-state index >= 15 is 0 Å². The Balaban J connectivity index is 1.98. The van der Waals surface area contributed by atoms with Crippen molar-refractivity contribution in [1.29, 1.82) is 0 Å². The van der Waals surface area contributed by atoms with Crippen LogP contribution in [0.1, 0.15) is 21.6 Å². The largest absolute Gasteiger partial charge is 0.347 e. The second-order valence-electron chi connectivity index (χ2n) is 4.00. The highest BCUT2D eigenvalue weighted by Gasteiger charge is 2.06. The van der Waals surface area contributed by atoms with Crippen LogP contribution in [0, 0.1) is 0 Å². The van der Waals surface area contributed by atoms with Gasteiger partial charge in [0.05, 0.1) is 0 Å². The number of pyridine rings is 1. The highest BCUT2D eigenvalue weighted by atomic mass is 79.9. The minimum atomic E-state index is -0.191. The first-order valence-corrected chi connectivity index (χ1v) is 7.05. The number of aromatic nitrogens is 1. The van der Waals surface area contributed by atoms with Crippen molar-refractivity contribution in [3.8, 4) is 0 Å². The summed E-state index contributed by atoms with van der Waals surface area (Å²) in [6.45, 7) is 0.460. The average molecular weight is 340 g/mol. The number of benzene rings is 1. The predicted molar refractivity (Wildman–Crippen MR) is 79.1 cm³/mol. The summed E-state index contributed by atoms with van der Waals surface area (Å²) in [6, 6.07) is 11.3. The quantitative estimate of drug-likeness (QED) is 0.866. The van der Waals surface area contributed by atoms with Crippen LogP contribution in [0.4, 0.5) is 0 Å². The van der Waals surface area contributed by atoms with Crippen LogP contribution >= 0.6 is 27.5 Å². The maximum atomic E-state index is 11.9. The van der Waals surface area contributed by atoms with Crippen molar-refractivity contribution in [3.05, 3.63) is 63.9 Å². The predicted octanol–water partition coefficient (Wildman–Crippen LogP) is 3.51. The summed E-state index contributed by atoms with van der Waals surface area (Å²) in [7, 11) is 0. The van der Waals surface area contributed by atoms with Crippen LogP contribution in [0.25, 0.3) is 0 Å². The number of halogens is 2. The van der Waals surface area contributed by atoms with Crippen molar-refractivity contribution < 1.29 is 4.79 Å². The molecular formula is C14H12BrClN2O. The lowest BCUT2D eigenvalue weighted by molar-refractivity contribution is 0.0946. The Bertz CT molecular complexity index is 572. The van der Waals surface area contributed by atoms with Crippen molar-refractivity contribution >= 4 is 33.4 Å². The lowest BCUT2D eigenvalue weighted by atomic mass is 10.1. The smallest absolute Gasteiger partial charge is 0.270 e. The third-order valence-corrected chi connectivity index (χ3v) is 3.34. The monoisotopic (exact) mass is 338 g/mol. The number of nitrogens with zero attached hydrogens (tertiary/aromatic N) is 1. The topological polar surface area (TPSA) is 42.0 Å². The second kappa shape index (κ2) is 6.68. The molecule has 2 aromatic rings. The number of hydrogen-bond donors (Lipinski definition) is 1. The molecule has 19 heavy (non-hydrogen) atoms. The third-order valence-electron chi connectivity index (χ3n) is 2.56. The molecule has 0 aliphatic heterocycles. The SMILES string of the molecule is O=C(NCc1cccc(CCl)c1)c1ccc(Br)cn1. The zero-order valence-electron chi connectivity index (χ0n) is 10.1. The Labute approximate surface area is 125 Å². The minimum absolute atomic E-state index is 0.191. The van der Waals surface area contributed by atoms with E-state index in [1.165, 1.54) is 0 Å². The zero-order chi connectivity index (χ0) is 13.7. The van der Waals surface area contributed by atoms with Gasteiger partial charge in [-0.15, -0.1) is 11.6 Å². The van der Waals surface area contributed by atoms with E-state index in [0.29, 0.717) is 18.1 Å². The molecule has 0 aliphatic rings. The van der Waals surface area contributed by atoms with Gasteiger partial charge in [0.2, 0.25) is 0 Å². The zero-order valence-corrected chi connectivity index (χ0v) is 12.4. The maximum Gasteiger partial charge on any atom is 0.270 e. The van der Waals surface area contributed by atoms with Gasteiger partial charge in [0, 0.05) is 23.1 Å². The van der Waals surface area contributed by atoms with Crippen molar-refractivity contribution in [1.82, 2.24) is 10.3 Å². The summed E-state index contributed by atoms with van der Waals surface area (Å²) < 4.78 is 0.846. The van der Waals surface area contributed by atoms with Gasteiger partial charge in [-0.2, -0.15) is 0 Å². The molecule has 98 valence electrons. The molecule has 0 bridgehead atoms. The summed E-state index contributed by atoms with van der Waals surface area (Å²) in [6.07, 6.45) is 1.60. The Morgan fingerprint density at radius 2 is 2.05 bits per heavy atom. The molecular weight excluding hydrogens is 328 g/mol. The summed E-state index contributed by atoms with van der Waals surface area (Å²) in [5.74, 6) is 0.277. The molecule has 2 rings (SSSR count). The summed E-state index contributed by atoms with van der Waals surface area (Å²) in [4.78, 5) is 15.9. The van der Waals surface area contributed by atoms with Crippen LogP contribution in [0.5, 0.6) is 0 Å². The molecule has 0 saturated heterocycles. The average Bonchev–Trinajstić information content (AvgIpc) is 2.46. The van der Waals surface area contributed by atoms with Crippen molar-refractivity contribution in [2.45, 2.75) is 12.4 Å². The number of nitrogens with one attached hydrogen (secondary N) is 1. The molecule has 0 radical (unpaired) electrons. The van der Waals surface area contributed by atoms with E-state index in [4.69, 9.17) is 11.6 Å².